The number of halogens is 1. The highest BCUT2D eigenvalue weighted by Gasteiger charge is 2.17. The summed E-state index contributed by atoms with van der Waals surface area (Å²) >= 11 is 12.9. The number of carbonyl (C=O) groups excluding carboxylic acids is 1. The number of anilines is 1. The van der Waals surface area contributed by atoms with E-state index in [0.29, 0.717) is 15.0 Å². The number of ether oxygens (including phenoxy) is 1. The van der Waals surface area contributed by atoms with Crippen LogP contribution in [0.5, 0.6) is 0 Å². The van der Waals surface area contributed by atoms with Gasteiger partial charge in [-0.3, -0.25) is 4.68 Å². The Labute approximate surface area is 171 Å². The fourth-order valence-electron chi connectivity index (χ4n) is 2.61. The SMILES string of the molecule is COC(=O)c1sc2cc(NC(=S)NCCCn3nccc3C)ccc2c1Cl. The number of benzene rings is 1. The molecular formula is C18H19ClN4O2S2. The van der Waals surface area contributed by atoms with E-state index < -0.39 is 5.97 Å². The number of nitrogens with zero attached hydrogens (tertiary/aromatic N) is 2. The topological polar surface area (TPSA) is 68.2 Å². The number of thiophene rings is 1. The smallest absolute Gasteiger partial charge is 0.349 e. The molecule has 0 bridgehead atoms. The van der Waals surface area contributed by atoms with E-state index in [1.54, 1.807) is 6.20 Å². The van der Waals surface area contributed by atoms with Gasteiger partial charge in [-0.1, -0.05) is 11.6 Å². The number of carbonyl (C=O) groups is 1. The summed E-state index contributed by atoms with van der Waals surface area (Å²) in [6.07, 6.45) is 2.71. The molecule has 3 rings (SSSR count). The number of aryl methyl sites for hydroxylation is 2. The fourth-order valence-corrected chi connectivity index (χ4v) is 4.29. The van der Waals surface area contributed by atoms with Crippen LogP contribution in [0.15, 0.2) is 30.5 Å². The molecule has 0 fully saturated rings. The van der Waals surface area contributed by atoms with Gasteiger partial charge in [-0.15, -0.1) is 11.3 Å². The molecule has 0 aliphatic carbocycles. The van der Waals surface area contributed by atoms with E-state index in [1.165, 1.54) is 18.4 Å². The Balaban J connectivity index is 1.56. The van der Waals surface area contributed by atoms with Crippen molar-refractivity contribution in [2.75, 3.05) is 19.0 Å². The lowest BCUT2D eigenvalue weighted by Gasteiger charge is -2.11. The van der Waals surface area contributed by atoms with Gasteiger partial charge in [-0.05, 0) is 49.8 Å². The number of fused-ring (bicyclic) bond motifs is 1. The molecule has 0 atom stereocenters. The second kappa shape index (κ2) is 8.69. The maximum atomic E-state index is 11.8. The third-order valence-electron chi connectivity index (χ3n) is 4.02. The lowest BCUT2D eigenvalue weighted by Crippen LogP contribution is -2.29. The van der Waals surface area contributed by atoms with Gasteiger partial charge < -0.3 is 15.4 Å². The Morgan fingerprint density at radius 3 is 2.93 bits per heavy atom. The first-order valence-electron chi connectivity index (χ1n) is 8.33. The number of methoxy groups -OCH3 is 1. The summed E-state index contributed by atoms with van der Waals surface area (Å²) in [6, 6.07) is 7.65. The maximum Gasteiger partial charge on any atom is 0.349 e. The highest BCUT2D eigenvalue weighted by atomic mass is 35.5. The average Bonchev–Trinajstić information content (AvgIpc) is 3.21. The van der Waals surface area contributed by atoms with Crippen molar-refractivity contribution in [3.8, 4) is 0 Å². The summed E-state index contributed by atoms with van der Waals surface area (Å²) in [5, 5.41) is 12.4. The molecule has 0 aliphatic heterocycles. The fraction of sp³-hybridized carbons (Fsp3) is 0.278. The Hall–Kier alpha value is -2.16. The average molecular weight is 423 g/mol. The second-order valence-electron chi connectivity index (χ2n) is 5.88. The summed E-state index contributed by atoms with van der Waals surface area (Å²) < 4.78 is 7.62. The van der Waals surface area contributed by atoms with Crippen LogP contribution in [-0.4, -0.2) is 34.5 Å². The molecule has 3 aromatic rings. The molecule has 2 heterocycles. The first-order valence-corrected chi connectivity index (χ1v) is 9.93. The monoisotopic (exact) mass is 422 g/mol. The third-order valence-corrected chi connectivity index (χ3v) is 5.90. The maximum absolute atomic E-state index is 11.8. The van der Waals surface area contributed by atoms with Crippen LogP contribution in [0.1, 0.15) is 21.8 Å². The number of thiocarbonyl (C=S) groups is 1. The van der Waals surface area contributed by atoms with Crippen molar-refractivity contribution in [1.82, 2.24) is 15.1 Å². The minimum Gasteiger partial charge on any atom is -0.465 e. The van der Waals surface area contributed by atoms with E-state index in [9.17, 15) is 4.79 Å². The number of nitrogens with one attached hydrogen (secondary N) is 2. The molecule has 0 saturated heterocycles. The Bertz CT molecular complexity index is 983. The predicted molar refractivity (Wildman–Crippen MR) is 114 cm³/mol. The molecule has 0 amide bonds. The van der Waals surface area contributed by atoms with Gasteiger partial charge in [-0.25, -0.2) is 4.79 Å². The lowest BCUT2D eigenvalue weighted by atomic mass is 10.2. The van der Waals surface area contributed by atoms with Crippen molar-refractivity contribution >= 4 is 62.0 Å². The van der Waals surface area contributed by atoms with E-state index in [-0.39, 0.29) is 0 Å². The lowest BCUT2D eigenvalue weighted by molar-refractivity contribution is 0.0606. The van der Waals surface area contributed by atoms with Crippen molar-refractivity contribution in [2.24, 2.45) is 0 Å². The minimum absolute atomic E-state index is 0.404. The van der Waals surface area contributed by atoms with E-state index in [4.69, 9.17) is 28.6 Å². The Morgan fingerprint density at radius 1 is 1.41 bits per heavy atom. The number of hydrogen-bond donors (Lipinski definition) is 2. The predicted octanol–water partition coefficient (Wildman–Crippen LogP) is 4.22. The van der Waals surface area contributed by atoms with Gasteiger partial charge in [0.1, 0.15) is 4.88 Å². The van der Waals surface area contributed by atoms with Crippen molar-refractivity contribution < 1.29 is 9.53 Å². The van der Waals surface area contributed by atoms with Gasteiger partial charge in [0.15, 0.2) is 5.11 Å². The molecule has 0 radical (unpaired) electrons. The molecule has 2 aromatic heterocycles. The van der Waals surface area contributed by atoms with Crippen molar-refractivity contribution in [1.29, 1.82) is 0 Å². The molecule has 2 N–H and O–H groups in total. The normalized spacial score (nSPS) is 10.8. The van der Waals surface area contributed by atoms with Crippen molar-refractivity contribution in [3.63, 3.8) is 0 Å². The molecule has 9 heteroatoms. The zero-order valence-electron chi connectivity index (χ0n) is 14.9. The van der Waals surface area contributed by atoms with Gasteiger partial charge >= 0.3 is 5.97 Å². The highest BCUT2D eigenvalue weighted by molar-refractivity contribution is 7.80. The molecule has 0 aliphatic rings. The van der Waals surface area contributed by atoms with E-state index in [0.717, 1.165) is 41.0 Å². The van der Waals surface area contributed by atoms with Gasteiger partial charge in [0.05, 0.1) is 12.1 Å². The van der Waals surface area contributed by atoms with Crippen LogP contribution in [0.4, 0.5) is 5.69 Å². The largest absolute Gasteiger partial charge is 0.465 e. The zero-order valence-corrected chi connectivity index (χ0v) is 17.3. The van der Waals surface area contributed by atoms with Gasteiger partial charge in [-0.2, -0.15) is 5.10 Å². The zero-order chi connectivity index (χ0) is 19.4. The molecule has 1 aromatic carbocycles. The van der Waals surface area contributed by atoms with Crippen LogP contribution >= 0.6 is 35.2 Å². The first kappa shape index (κ1) is 19.6. The summed E-state index contributed by atoms with van der Waals surface area (Å²) in [5.74, 6) is -0.430. The molecule has 0 unspecified atom stereocenters. The summed E-state index contributed by atoms with van der Waals surface area (Å²) in [5.41, 5.74) is 1.97. The quantitative estimate of drug-likeness (QED) is 0.352. The number of hydrogen-bond acceptors (Lipinski definition) is 5. The van der Waals surface area contributed by atoms with Crippen molar-refractivity contribution in [3.05, 3.63) is 46.1 Å². The highest BCUT2D eigenvalue weighted by Crippen LogP contribution is 2.37. The summed E-state index contributed by atoms with van der Waals surface area (Å²) in [4.78, 5) is 12.2. The van der Waals surface area contributed by atoms with Crippen molar-refractivity contribution in [2.45, 2.75) is 19.9 Å². The van der Waals surface area contributed by atoms with Crippen LogP contribution in [-0.2, 0) is 11.3 Å². The summed E-state index contributed by atoms with van der Waals surface area (Å²) in [7, 11) is 1.34. The van der Waals surface area contributed by atoms with E-state index in [1.807, 2.05) is 35.9 Å². The van der Waals surface area contributed by atoms with Crippen LogP contribution in [0, 0.1) is 6.92 Å². The van der Waals surface area contributed by atoms with E-state index >= 15 is 0 Å². The molecule has 142 valence electrons. The third kappa shape index (κ3) is 4.58. The Kier molecular flexibility index (Phi) is 6.30. The first-order chi connectivity index (χ1) is 13.0. The van der Waals surface area contributed by atoms with Crippen LogP contribution < -0.4 is 10.6 Å². The molecule has 6 nitrogen and oxygen atoms in total. The Morgan fingerprint density at radius 2 is 2.22 bits per heavy atom. The van der Waals surface area contributed by atoms with Crippen LogP contribution in [0.25, 0.3) is 10.1 Å². The summed E-state index contributed by atoms with van der Waals surface area (Å²) in [6.45, 7) is 3.61. The molecule has 0 spiro atoms. The van der Waals surface area contributed by atoms with Crippen LogP contribution in [0.2, 0.25) is 5.02 Å². The second-order valence-corrected chi connectivity index (χ2v) is 7.72. The van der Waals surface area contributed by atoms with Gasteiger partial charge in [0.25, 0.3) is 0 Å². The van der Waals surface area contributed by atoms with Gasteiger partial charge in [0, 0.05) is 40.8 Å². The minimum atomic E-state index is -0.430. The standard InChI is InChI=1S/C18H19ClN4O2S2/c1-11-6-8-21-23(11)9-3-7-20-18(26)22-12-4-5-13-14(10-12)27-16(15(13)19)17(24)25-2/h4-6,8,10H,3,7,9H2,1-2H3,(H2,20,22,26). The number of esters is 1. The van der Waals surface area contributed by atoms with E-state index in [2.05, 4.69) is 15.7 Å². The number of aromatic nitrogens is 2. The molecule has 0 saturated carbocycles. The molecule has 27 heavy (non-hydrogen) atoms. The molecular weight excluding hydrogens is 404 g/mol. The van der Waals surface area contributed by atoms with Crippen LogP contribution in [0.3, 0.4) is 0 Å². The van der Waals surface area contributed by atoms with Gasteiger partial charge in [0.2, 0.25) is 0 Å². The number of rotatable bonds is 6.